The number of aromatic amines is 1. The average molecular weight is 335 g/mol. The standard InChI is InChI=1S/C14H9NO5S2/c16-12(17)10-8-7(9-11(21-10)15-14(19)22-9)5-3-1-2-4-6(5)20-13(8)18/h1-4,7-8,10H,(H,15,19)(H,16,17)/t7-,8-,10-/m1/s1. The van der Waals surface area contributed by atoms with Gasteiger partial charge in [0.15, 0.2) is 0 Å². The number of carboxylic acids is 1. The van der Waals surface area contributed by atoms with Crippen molar-refractivity contribution in [2.24, 2.45) is 5.92 Å². The predicted molar refractivity (Wildman–Crippen MR) is 79.6 cm³/mol. The number of fused-ring (bicyclic) bond motifs is 5. The summed E-state index contributed by atoms with van der Waals surface area (Å²) in [4.78, 5) is 38.7. The summed E-state index contributed by atoms with van der Waals surface area (Å²) in [7, 11) is 0. The van der Waals surface area contributed by atoms with Crippen molar-refractivity contribution in [3.8, 4) is 5.75 Å². The normalized spacial score (nSPS) is 25.6. The molecule has 3 atom stereocenters. The number of hydrogen-bond acceptors (Lipinski definition) is 6. The fourth-order valence-corrected chi connectivity index (χ4v) is 5.36. The second-order valence-electron chi connectivity index (χ2n) is 5.05. The highest BCUT2D eigenvalue weighted by Gasteiger charge is 2.51. The Hall–Kier alpha value is -2.06. The minimum atomic E-state index is -1.09. The molecule has 2 aromatic rings. The molecular weight excluding hydrogens is 326 g/mol. The Morgan fingerprint density at radius 3 is 2.82 bits per heavy atom. The van der Waals surface area contributed by atoms with Gasteiger partial charge in [-0.05, 0) is 6.07 Å². The van der Waals surface area contributed by atoms with Crippen LogP contribution in [0.3, 0.4) is 0 Å². The van der Waals surface area contributed by atoms with Gasteiger partial charge in [0.2, 0.25) is 0 Å². The van der Waals surface area contributed by atoms with Gasteiger partial charge in [0, 0.05) is 16.4 Å². The third kappa shape index (κ3) is 1.84. The van der Waals surface area contributed by atoms with Gasteiger partial charge >= 0.3 is 16.8 Å². The van der Waals surface area contributed by atoms with E-state index in [1.165, 1.54) is 0 Å². The van der Waals surface area contributed by atoms with Crippen LogP contribution >= 0.6 is 23.1 Å². The molecule has 6 nitrogen and oxygen atoms in total. The molecule has 2 aliphatic heterocycles. The van der Waals surface area contributed by atoms with Crippen molar-refractivity contribution in [3.05, 3.63) is 44.4 Å². The number of nitrogens with one attached hydrogen (secondary N) is 1. The van der Waals surface area contributed by atoms with Gasteiger partial charge in [-0.1, -0.05) is 41.3 Å². The zero-order valence-corrected chi connectivity index (χ0v) is 12.6. The van der Waals surface area contributed by atoms with Gasteiger partial charge < -0.3 is 14.8 Å². The molecule has 0 amide bonds. The maximum Gasteiger partial charge on any atom is 0.317 e. The number of rotatable bonds is 1. The third-order valence-electron chi connectivity index (χ3n) is 3.83. The number of H-pyrrole nitrogens is 1. The predicted octanol–water partition coefficient (Wildman–Crippen LogP) is 1.66. The van der Waals surface area contributed by atoms with E-state index in [9.17, 15) is 19.5 Å². The van der Waals surface area contributed by atoms with Crippen LogP contribution in [0.5, 0.6) is 5.75 Å². The number of carbonyl (C=O) groups is 2. The highest BCUT2D eigenvalue weighted by atomic mass is 32.2. The number of hydrogen-bond donors (Lipinski definition) is 2. The lowest BCUT2D eigenvalue weighted by Gasteiger charge is -2.37. The Balaban J connectivity index is 1.99. The SMILES string of the molecule is O=C1Oc2ccccc2[C@H]2c3sc(=O)[nH]c3S[C@@H](C(=O)O)[C@H]12. The zero-order valence-electron chi connectivity index (χ0n) is 10.9. The van der Waals surface area contributed by atoms with Gasteiger partial charge in [-0.2, -0.15) is 0 Å². The molecule has 112 valence electrons. The van der Waals surface area contributed by atoms with Crippen molar-refractivity contribution in [2.75, 3.05) is 0 Å². The zero-order chi connectivity index (χ0) is 15.4. The number of benzene rings is 1. The summed E-state index contributed by atoms with van der Waals surface area (Å²) in [5, 5.41) is 9.01. The quantitative estimate of drug-likeness (QED) is 0.608. The van der Waals surface area contributed by atoms with E-state index in [-0.39, 0.29) is 4.87 Å². The first-order valence-electron chi connectivity index (χ1n) is 6.49. The van der Waals surface area contributed by atoms with E-state index in [4.69, 9.17) is 4.74 Å². The number of aromatic nitrogens is 1. The Labute approximate surface area is 132 Å². The molecule has 3 heterocycles. The minimum Gasteiger partial charge on any atom is -0.480 e. The summed E-state index contributed by atoms with van der Waals surface area (Å²) < 4.78 is 5.30. The topological polar surface area (TPSA) is 96.5 Å². The van der Waals surface area contributed by atoms with Crippen LogP contribution < -0.4 is 9.61 Å². The molecule has 0 saturated heterocycles. The number of aliphatic carboxylic acids is 1. The fourth-order valence-electron chi connectivity index (χ4n) is 2.96. The molecule has 0 bridgehead atoms. The summed E-state index contributed by atoms with van der Waals surface area (Å²) in [5.74, 6) is -2.52. The lowest BCUT2D eigenvalue weighted by molar-refractivity contribution is -0.147. The fraction of sp³-hybridized carbons (Fsp3) is 0.214. The van der Waals surface area contributed by atoms with Gasteiger partial charge in [-0.3, -0.25) is 14.4 Å². The van der Waals surface area contributed by atoms with Gasteiger partial charge in [-0.15, -0.1) is 0 Å². The number of carbonyl (C=O) groups excluding carboxylic acids is 1. The Bertz CT molecular complexity index is 855. The largest absolute Gasteiger partial charge is 0.480 e. The molecule has 1 aromatic heterocycles. The molecule has 22 heavy (non-hydrogen) atoms. The number of thiazole rings is 1. The highest BCUT2D eigenvalue weighted by Crippen LogP contribution is 2.53. The van der Waals surface area contributed by atoms with E-state index in [1.54, 1.807) is 12.1 Å². The third-order valence-corrected chi connectivity index (χ3v) is 6.24. The number of ether oxygens (including phenoxy) is 1. The van der Waals surface area contributed by atoms with Crippen LogP contribution in [0, 0.1) is 5.92 Å². The first-order chi connectivity index (χ1) is 10.6. The van der Waals surface area contributed by atoms with E-state index < -0.39 is 29.0 Å². The summed E-state index contributed by atoms with van der Waals surface area (Å²) in [6.45, 7) is 0. The van der Waals surface area contributed by atoms with Crippen LogP contribution in [-0.4, -0.2) is 27.3 Å². The Morgan fingerprint density at radius 2 is 2.05 bits per heavy atom. The van der Waals surface area contributed by atoms with Crippen molar-refractivity contribution in [3.63, 3.8) is 0 Å². The van der Waals surface area contributed by atoms with Gasteiger partial charge in [-0.25, -0.2) is 0 Å². The smallest absolute Gasteiger partial charge is 0.317 e. The Kier molecular flexibility index (Phi) is 2.92. The number of esters is 1. The molecular formula is C14H9NO5S2. The van der Waals surface area contributed by atoms with Gasteiger partial charge in [0.1, 0.15) is 11.0 Å². The molecule has 0 spiro atoms. The maximum atomic E-state index is 12.3. The first-order valence-corrected chi connectivity index (χ1v) is 8.19. The molecule has 8 heteroatoms. The summed E-state index contributed by atoms with van der Waals surface area (Å²) >= 11 is 2.03. The van der Waals surface area contributed by atoms with Crippen LogP contribution in [0.25, 0.3) is 0 Å². The molecule has 0 unspecified atom stereocenters. The van der Waals surface area contributed by atoms with E-state index in [1.807, 2.05) is 12.1 Å². The van der Waals surface area contributed by atoms with Crippen LogP contribution in [0.15, 0.2) is 34.1 Å². The van der Waals surface area contributed by atoms with Gasteiger partial charge in [0.25, 0.3) is 0 Å². The molecule has 4 rings (SSSR count). The highest BCUT2D eigenvalue weighted by molar-refractivity contribution is 8.00. The molecule has 0 fully saturated rings. The van der Waals surface area contributed by atoms with Crippen molar-refractivity contribution < 1.29 is 19.4 Å². The number of carboxylic acid groups (broad SMARTS) is 1. The molecule has 0 saturated carbocycles. The summed E-state index contributed by atoms with van der Waals surface area (Å²) in [6, 6.07) is 7.04. The van der Waals surface area contributed by atoms with E-state index in [2.05, 4.69) is 4.98 Å². The van der Waals surface area contributed by atoms with Crippen molar-refractivity contribution in [2.45, 2.75) is 16.2 Å². The maximum absolute atomic E-state index is 12.3. The Morgan fingerprint density at radius 1 is 1.27 bits per heavy atom. The summed E-state index contributed by atoms with van der Waals surface area (Å²) in [5.41, 5.74) is 0.746. The second kappa shape index (κ2) is 4.72. The van der Waals surface area contributed by atoms with Crippen LogP contribution in [0.4, 0.5) is 0 Å². The number of para-hydroxylation sites is 1. The molecule has 0 radical (unpaired) electrons. The van der Waals surface area contributed by atoms with Crippen LogP contribution in [0.1, 0.15) is 16.4 Å². The lowest BCUT2D eigenvalue weighted by Crippen LogP contribution is -2.44. The minimum absolute atomic E-state index is 0.251. The van der Waals surface area contributed by atoms with Gasteiger partial charge in [0.05, 0.1) is 10.9 Å². The second-order valence-corrected chi connectivity index (χ2v) is 7.21. The van der Waals surface area contributed by atoms with Crippen LogP contribution in [-0.2, 0) is 9.59 Å². The van der Waals surface area contributed by atoms with Crippen molar-refractivity contribution in [1.82, 2.24) is 4.98 Å². The van der Waals surface area contributed by atoms with Crippen molar-refractivity contribution in [1.29, 1.82) is 0 Å². The molecule has 2 aliphatic rings. The summed E-state index contributed by atoms with van der Waals surface area (Å²) in [6.07, 6.45) is 0. The first kappa shape index (κ1) is 13.6. The molecule has 1 aromatic carbocycles. The lowest BCUT2D eigenvalue weighted by atomic mass is 9.80. The van der Waals surface area contributed by atoms with Crippen LogP contribution in [0.2, 0.25) is 0 Å². The molecule has 2 N–H and O–H groups in total. The molecule has 0 aliphatic carbocycles. The van der Waals surface area contributed by atoms with E-state index in [0.29, 0.717) is 15.7 Å². The monoisotopic (exact) mass is 335 g/mol. The van der Waals surface area contributed by atoms with E-state index >= 15 is 0 Å². The number of thioether (sulfide) groups is 1. The van der Waals surface area contributed by atoms with Crippen molar-refractivity contribution >= 4 is 35.0 Å². The average Bonchev–Trinajstić information content (AvgIpc) is 2.86. The van der Waals surface area contributed by atoms with E-state index in [0.717, 1.165) is 28.7 Å².